The number of thioether (sulfide) groups is 1. The maximum atomic E-state index is 12.5. The SMILES string of the molecule is COc1ccccc1OC(C)c1nnc(SCC(=O)Nc2ccccc2C)n1CC(C)C. The van der Waals surface area contributed by atoms with E-state index in [1.807, 2.05) is 66.9 Å². The van der Waals surface area contributed by atoms with Crippen LogP contribution in [0.3, 0.4) is 0 Å². The minimum absolute atomic E-state index is 0.0803. The summed E-state index contributed by atoms with van der Waals surface area (Å²) in [7, 11) is 1.62. The predicted octanol–water partition coefficient (Wildman–Crippen LogP) is 5.12. The van der Waals surface area contributed by atoms with Gasteiger partial charge in [0.2, 0.25) is 5.91 Å². The second kappa shape index (κ2) is 11.0. The van der Waals surface area contributed by atoms with Crippen molar-refractivity contribution in [2.24, 2.45) is 5.92 Å². The van der Waals surface area contributed by atoms with Crippen LogP contribution in [-0.4, -0.2) is 33.5 Å². The van der Waals surface area contributed by atoms with Gasteiger partial charge in [-0.15, -0.1) is 10.2 Å². The molecule has 0 aliphatic carbocycles. The Labute approximate surface area is 193 Å². The minimum atomic E-state index is -0.340. The van der Waals surface area contributed by atoms with Gasteiger partial charge in [0.1, 0.15) is 0 Å². The van der Waals surface area contributed by atoms with Crippen molar-refractivity contribution < 1.29 is 14.3 Å². The van der Waals surface area contributed by atoms with Crippen LogP contribution in [0.5, 0.6) is 11.5 Å². The summed E-state index contributed by atoms with van der Waals surface area (Å²) in [5.41, 5.74) is 1.85. The van der Waals surface area contributed by atoms with Crippen LogP contribution < -0.4 is 14.8 Å². The van der Waals surface area contributed by atoms with Crippen molar-refractivity contribution >= 4 is 23.4 Å². The van der Waals surface area contributed by atoms with Crippen LogP contribution in [0.25, 0.3) is 0 Å². The second-order valence-electron chi connectivity index (χ2n) is 7.91. The molecule has 7 nitrogen and oxygen atoms in total. The number of nitrogens with zero attached hydrogens (tertiary/aromatic N) is 3. The molecule has 0 fully saturated rings. The van der Waals surface area contributed by atoms with Crippen LogP contribution >= 0.6 is 11.8 Å². The predicted molar refractivity (Wildman–Crippen MR) is 127 cm³/mol. The standard InChI is InChI=1S/C24H30N4O3S/c1-16(2)14-28-23(18(4)31-21-13-9-8-12-20(21)30-5)26-27-24(28)32-15-22(29)25-19-11-7-6-10-17(19)3/h6-13,16,18H,14-15H2,1-5H3,(H,25,29). The first-order valence-corrected chi connectivity index (χ1v) is 11.6. The fraction of sp³-hybridized carbons (Fsp3) is 0.375. The van der Waals surface area contributed by atoms with E-state index in [9.17, 15) is 4.79 Å². The lowest BCUT2D eigenvalue weighted by Gasteiger charge is -2.19. The van der Waals surface area contributed by atoms with E-state index in [0.29, 0.717) is 28.4 Å². The molecule has 1 aromatic heterocycles. The fourth-order valence-corrected chi connectivity index (χ4v) is 3.99. The van der Waals surface area contributed by atoms with Crippen molar-refractivity contribution in [2.75, 3.05) is 18.2 Å². The third kappa shape index (κ3) is 6.03. The van der Waals surface area contributed by atoms with E-state index in [0.717, 1.165) is 17.8 Å². The van der Waals surface area contributed by atoms with Gasteiger partial charge in [0.15, 0.2) is 28.6 Å². The van der Waals surface area contributed by atoms with Crippen LogP contribution in [0.2, 0.25) is 0 Å². The van der Waals surface area contributed by atoms with Gasteiger partial charge in [-0.05, 0) is 43.5 Å². The largest absolute Gasteiger partial charge is 0.493 e. The molecule has 0 radical (unpaired) electrons. The number of benzene rings is 2. The zero-order valence-electron chi connectivity index (χ0n) is 19.2. The number of para-hydroxylation sites is 3. The number of amides is 1. The highest BCUT2D eigenvalue weighted by molar-refractivity contribution is 7.99. The Balaban J connectivity index is 1.73. The van der Waals surface area contributed by atoms with Crippen LogP contribution in [0.1, 0.15) is 38.3 Å². The van der Waals surface area contributed by atoms with Gasteiger partial charge in [-0.2, -0.15) is 0 Å². The van der Waals surface area contributed by atoms with Gasteiger partial charge in [-0.3, -0.25) is 4.79 Å². The first-order valence-electron chi connectivity index (χ1n) is 10.6. The van der Waals surface area contributed by atoms with E-state index in [-0.39, 0.29) is 17.8 Å². The summed E-state index contributed by atoms with van der Waals surface area (Å²) >= 11 is 1.37. The molecule has 2 aromatic carbocycles. The lowest BCUT2D eigenvalue weighted by Crippen LogP contribution is -2.17. The zero-order chi connectivity index (χ0) is 23.1. The Hall–Kier alpha value is -3.00. The molecule has 0 spiro atoms. The lowest BCUT2D eigenvalue weighted by atomic mass is 10.2. The lowest BCUT2D eigenvalue weighted by molar-refractivity contribution is -0.113. The summed E-state index contributed by atoms with van der Waals surface area (Å²) in [5, 5.41) is 12.4. The summed E-state index contributed by atoms with van der Waals surface area (Å²) in [6, 6.07) is 15.2. The molecular weight excluding hydrogens is 424 g/mol. The van der Waals surface area contributed by atoms with E-state index in [4.69, 9.17) is 9.47 Å². The molecule has 3 rings (SSSR count). The number of aryl methyl sites for hydroxylation is 1. The first-order chi connectivity index (χ1) is 15.4. The number of hydrogen-bond acceptors (Lipinski definition) is 6. The Morgan fingerprint density at radius 1 is 1.06 bits per heavy atom. The number of hydrogen-bond donors (Lipinski definition) is 1. The van der Waals surface area contributed by atoms with Gasteiger partial charge >= 0.3 is 0 Å². The number of anilines is 1. The summed E-state index contributed by atoms with van der Waals surface area (Å²) in [5.74, 6) is 2.56. The van der Waals surface area contributed by atoms with E-state index in [2.05, 4.69) is 29.4 Å². The van der Waals surface area contributed by atoms with E-state index >= 15 is 0 Å². The van der Waals surface area contributed by atoms with Crippen molar-refractivity contribution in [3.05, 3.63) is 59.9 Å². The number of rotatable bonds is 10. The number of ether oxygens (including phenoxy) is 2. The molecule has 1 unspecified atom stereocenters. The molecule has 32 heavy (non-hydrogen) atoms. The van der Waals surface area contributed by atoms with Crippen LogP contribution in [0.4, 0.5) is 5.69 Å². The molecule has 1 heterocycles. The molecule has 0 saturated carbocycles. The van der Waals surface area contributed by atoms with Crippen molar-refractivity contribution in [1.82, 2.24) is 14.8 Å². The molecule has 0 bridgehead atoms. The second-order valence-corrected chi connectivity index (χ2v) is 8.85. The molecule has 0 aliphatic heterocycles. The zero-order valence-corrected chi connectivity index (χ0v) is 20.0. The van der Waals surface area contributed by atoms with Gasteiger partial charge in [-0.25, -0.2) is 0 Å². The van der Waals surface area contributed by atoms with Crippen molar-refractivity contribution in [1.29, 1.82) is 0 Å². The number of nitrogens with one attached hydrogen (secondary N) is 1. The number of methoxy groups -OCH3 is 1. The van der Waals surface area contributed by atoms with E-state index < -0.39 is 0 Å². The van der Waals surface area contributed by atoms with Gasteiger partial charge in [0.05, 0.1) is 12.9 Å². The summed E-state index contributed by atoms with van der Waals surface area (Å²) in [6.45, 7) is 8.90. The van der Waals surface area contributed by atoms with Crippen LogP contribution in [-0.2, 0) is 11.3 Å². The quantitative estimate of drug-likeness (QED) is 0.428. The Bertz CT molecular complexity index is 1050. The maximum Gasteiger partial charge on any atom is 0.234 e. The summed E-state index contributed by atoms with van der Waals surface area (Å²) in [6.07, 6.45) is -0.340. The number of carbonyl (C=O) groups is 1. The van der Waals surface area contributed by atoms with Crippen LogP contribution in [0.15, 0.2) is 53.7 Å². The molecule has 1 amide bonds. The maximum absolute atomic E-state index is 12.5. The number of aromatic nitrogens is 3. The topological polar surface area (TPSA) is 78.3 Å². The molecule has 0 aliphatic rings. The summed E-state index contributed by atoms with van der Waals surface area (Å²) in [4.78, 5) is 12.5. The average Bonchev–Trinajstić information content (AvgIpc) is 3.16. The Morgan fingerprint density at radius 3 is 2.44 bits per heavy atom. The first kappa shape index (κ1) is 23.7. The van der Waals surface area contributed by atoms with Crippen molar-refractivity contribution in [3.8, 4) is 11.5 Å². The van der Waals surface area contributed by atoms with E-state index in [1.165, 1.54) is 11.8 Å². The van der Waals surface area contributed by atoms with Crippen molar-refractivity contribution in [3.63, 3.8) is 0 Å². The monoisotopic (exact) mass is 454 g/mol. The third-order valence-corrected chi connectivity index (χ3v) is 5.75. The molecular formula is C24H30N4O3S. The van der Waals surface area contributed by atoms with Gasteiger partial charge in [0.25, 0.3) is 0 Å². The molecule has 1 N–H and O–H groups in total. The van der Waals surface area contributed by atoms with Gasteiger partial charge in [0, 0.05) is 12.2 Å². The van der Waals surface area contributed by atoms with Gasteiger partial charge < -0.3 is 19.4 Å². The summed E-state index contributed by atoms with van der Waals surface area (Å²) < 4.78 is 13.6. The molecule has 8 heteroatoms. The normalized spacial score (nSPS) is 11.9. The highest BCUT2D eigenvalue weighted by Gasteiger charge is 2.22. The van der Waals surface area contributed by atoms with Crippen molar-refractivity contribution in [2.45, 2.75) is 45.5 Å². The Morgan fingerprint density at radius 2 is 1.75 bits per heavy atom. The highest BCUT2D eigenvalue weighted by atomic mass is 32.2. The smallest absolute Gasteiger partial charge is 0.234 e. The number of carbonyl (C=O) groups excluding carboxylic acids is 1. The van der Waals surface area contributed by atoms with E-state index in [1.54, 1.807) is 7.11 Å². The van der Waals surface area contributed by atoms with Crippen LogP contribution in [0, 0.1) is 12.8 Å². The third-order valence-electron chi connectivity index (χ3n) is 4.78. The molecule has 0 saturated heterocycles. The Kier molecular flexibility index (Phi) is 8.16. The minimum Gasteiger partial charge on any atom is -0.493 e. The molecule has 170 valence electrons. The molecule has 3 aromatic rings. The highest BCUT2D eigenvalue weighted by Crippen LogP contribution is 2.31. The average molecular weight is 455 g/mol. The van der Waals surface area contributed by atoms with Gasteiger partial charge in [-0.1, -0.05) is 55.9 Å². The molecule has 1 atom stereocenters. The fourth-order valence-electron chi connectivity index (χ4n) is 3.23.